The Bertz CT molecular complexity index is 248. The predicted octanol–water partition coefficient (Wildman–Crippen LogP) is 0.215. The predicted molar refractivity (Wildman–Crippen MR) is 62.2 cm³/mol. The first-order valence-corrected chi connectivity index (χ1v) is 5.25. The average Bonchev–Trinajstić information content (AvgIpc) is 2.64. The van der Waals surface area contributed by atoms with E-state index in [1.54, 1.807) is 0 Å². The minimum absolute atomic E-state index is 0. The summed E-state index contributed by atoms with van der Waals surface area (Å²) in [6.07, 6.45) is 2.99. The van der Waals surface area contributed by atoms with Crippen LogP contribution in [0.25, 0.3) is 0 Å². The fraction of sp³-hybridized carbons (Fsp3) is 0.800. The number of hydrogen-bond donors (Lipinski definition) is 2. The summed E-state index contributed by atoms with van der Waals surface area (Å²) < 4.78 is 4.46. The van der Waals surface area contributed by atoms with Crippen LogP contribution < -0.4 is 11.1 Å². The minimum atomic E-state index is -0.314. The monoisotopic (exact) mass is 250 g/mol. The van der Waals surface area contributed by atoms with Gasteiger partial charge in [0.2, 0.25) is 5.91 Å². The lowest BCUT2D eigenvalue weighted by atomic mass is 10.0. The van der Waals surface area contributed by atoms with E-state index in [-0.39, 0.29) is 42.7 Å². The molecule has 16 heavy (non-hydrogen) atoms. The smallest absolute Gasteiger partial charge is 0.307 e. The van der Waals surface area contributed by atoms with Crippen molar-refractivity contribution >= 4 is 24.3 Å². The maximum atomic E-state index is 11.6. The number of carbonyl (C=O) groups excluding carboxylic acids is 2. The lowest BCUT2D eigenvalue weighted by molar-refractivity contribution is -0.140. The van der Waals surface area contributed by atoms with Crippen LogP contribution in [0.2, 0.25) is 0 Å². The van der Waals surface area contributed by atoms with E-state index in [4.69, 9.17) is 5.73 Å². The Labute approximate surface area is 101 Å². The molecular weight excluding hydrogens is 232 g/mol. The molecule has 1 aliphatic carbocycles. The molecule has 5 nitrogen and oxygen atoms in total. The molecule has 1 fully saturated rings. The van der Waals surface area contributed by atoms with Crippen LogP contribution in [0.15, 0.2) is 0 Å². The van der Waals surface area contributed by atoms with Gasteiger partial charge in [-0.05, 0) is 12.8 Å². The van der Waals surface area contributed by atoms with Crippen molar-refractivity contribution in [2.45, 2.75) is 31.7 Å². The molecule has 1 aliphatic rings. The highest BCUT2D eigenvalue weighted by atomic mass is 35.5. The molecule has 0 aromatic heterocycles. The van der Waals surface area contributed by atoms with Crippen molar-refractivity contribution in [2.75, 3.05) is 13.7 Å². The highest BCUT2D eigenvalue weighted by Gasteiger charge is 2.29. The topological polar surface area (TPSA) is 81.4 Å². The Morgan fingerprint density at radius 1 is 1.44 bits per heavy atom. The van der Waals surface area contributed by atoms with Crippen LogP contribution in [0.1, 0.15) is 25.7 Å². The molecule has 1 saturated carbocycles. The number of esters is 1. The molecule has 94 valence electrons. The molecule has 2 unspecified atom stereocenters. The Kier molecular flexibility index (Phi) is 7.08. The molecule has 0 aromatic carbocycles. The maximum absolute atomic E-state index is 11.6. The van der Waals surface area contributed by atoms with E-state index in [9.17, 15) is 9.59 Å². The second kappa shape index (κ2) is 7.46. The second-order valence-electron chi connectivity index (χ2n) is 3.82. The molecular formula is C10H19ClN2O3. The van der Waals surface area contributed by atoms with Crippen molar-refractivity contribution in [2.24, 2.45) is 11.7 Å². The van der Waals surface area contributed by atoms with Gasteiger partial charge in [0.15, 0.2) is 0 Å². The van der Waals surface area contributed by atoms with Gasteiger partial charge in [0.1, 0.15) is 0 Å². The van der Waals surface area contributed by atoms with Gasteiger partial charge in [0, 0.05) is 12.6 Å². The standard InChI is InChI=1S/C10H18N2O3.ClH/c1-15-9(13)5-6-12-10(14)7-3-2-4-8(7)11;/h7-8H,2-6,11H2,1H3,(H,12,14);1H. The number of amides is 1. The molecule has 0 aliphatic heterocycles. The van der Waals surface area contributed by atoms with Crippen molar-refractivity contribution in [1.82, 2.24) is 5.32 Å². The van der Waals surface area contributed by atoms with Crippen molar-refractivity contribution in [1.29, 1.82) is 0 Å². The van der Waals surface area contributed by atoms with Gasteiger partial charge in [-0.1, -0.05) is 6.42 Å². The number of nitrogens with two attached hydrogens (primary N) is 1. The molecule has 1 rings (SSSR count). The number of halogens is 1. The first-order valence-electron chi connectivity index (χ1n) is 5.25. The Morgan fingerprint density at radius 3 is 2.62 bits per heavy atom. The molecule has 0 bridgehead atoms. The quantitative estimate of drug-likeness (QED) is 0.699. The van der Waals surface area contributed by atoms with Crippen molar-refractivity contribution in [3.05, 3.63) is 0 Å². The highest BCUT2D eigenvalue weighted by Crippen LogP contribution is 2.23. The van der Waals surface area contributed by atoms with Gasteiger partial charge in [-0.25, -0.2) is 0 Å². The van der Waals surface area contributed by atoms with Crippen LogP contribution in [0.5, 0.6) is 0 Å². The third-order valence-electron chi connectivity index (χ3n) is 2.76. The Hall–Kier alpha value is -0.810. The lowest BCUT2D eigenvalue weighted by Crippen LogP contribution is -2.39. The second-order valence-corrected chi connectivity index (χ2v) is 3.82. The van der Waals surface area contributed by atoms with Gasteiger partial charge in [-0.15, -0.1) is 12.4 Å². The van der Waals surface area contributed by atoms with Gasteiger partial charge in [-0.3, -0.25) is 9.59 Å². The summed E-state index contributed by atoms with van der Waals surface area (Å²) in [5.41, 5.74) is 5.79. The number of hydrogen-bond acceptors (Lipinski definition) is 4. The molecule has 0 spiro atoms. The summed E-state index contributed by atoms with van der Waals surface area (Å²) in [4.78, 5) is 22.4. The summed E-state index contributed by atoms with van der Waals surface area (Å²) in [5.74, 6) is -0.433. The largest absolute Gasteiger partial charge is 0.469 e. The third kappa shape index (κ3) is 4.37. The van der Waals surface area contributed by atoms with Crippen LogP contribution in [0.4, 0.5) is 0 Å². The first kappa shape index (κ1) is 15.2. The molecule has 0 heterocycles. The van der Waals surface area contributed by atoms with Crippen molar-refractivity contribution in [3.8, 4) is 0 Å². The fourth-order valence-corrected chi connectivity index (χ4v) is 1.84. The summed E-state index contributed by atoms with van der Waals surface area (Å²) in [6.45, 7) is 0.328. The van der Waals surface area contributed by atoms with Crippen LogP contribution in [0, 0.1) is 5.92 Å². The SMILES string of the molecule is COC(=O)CCNC(=O)C1CCCC1N.Cl. The molecule has 0 aromatic rings. The number of carbonyl (C=O) groups is 2. The van der Waals surface area contributed by atoms with Crippen LogP contribution in [0.3, 0.4) is 0 Å². The van der Waals surface area contributed by atoms with Gasteiger partial charge < -0.3 is 15.8 Å². The number of nitrogens with one attached hydrogen (secondary N) is 1. The van der Waals surface area contributed by atoms with Gasteiger partial charge in [0.25, 0.3) is 0 Å². The zero-order valence-electron chi connectivity index (χ0n) is 9.40. The molecule has 1 amide bonds. The minimum Gasteiger partial charge on any atom is -0.469 e. The highest BCUT2D eigenvalue weighted by molar-refractivity contribution is 5.85. The molecule has 0 saturated heterocycles. The molecule has 6 heteroatoms. The summed E-state index contributed by atoms with van der Waals surface area (Å²) in [6, 6.07) is -0.0249. The van der Waals surface area contributed by atoms with E-state index >= 15 is 0 Å². The Balaban J connectivity index is 0.00000225. The van der Waals surface area contributed by atoms with Crippen molar-refractivity contribution < 1.29 is 14.3 Å². The first-order chi connectivity index (χ1) is 7.15. The van der Waals surface area contributed by atoms with Crippen molar-refractivity contribution in [3.63, 3.8) is 0 Å². The van der Waals surface area contributed by atoms with Gasteiger partial charge in [-0.2, -0.15) is 0 Å². The van der Waals surface area contributed by atoms with Crippen LogP contribution >= 0.6 is 12.4 Å². The summed E-state index contributed by atoms with van der Waals surface area (Å²) in [5, 5.41) is 2.70. The average molecular weight is 251 g/mol. The van der Waals surface area contributed by atoms with E-state index in [1.165, 1.54) is 7.11 Å². The number of methoxy groups -OCH3 is 1. The number of ether oxygens (including phenoxy) is 1. The zero-order valence-corrected chi connectivity index (χ0v) is 10.2. The fourth-order valence-electron chi connectivity index (χ4n) is 1.84. The summed E-state index contributed by atoms with van der Waals surface area (Å²) in [7, 11) is 1.33. The number of rotatable bonds is 4. The molecule has 3 N–H and O–H groups in total. The third-order valence-corrected chi connectivity index (χ3v) is 2.76. The van der Waals surface area contributed by atoms with E-state index in [0.29, 0.717) is 6.54 Å². The Morgan fingerprint density at radius 2 is 2.12 bits per heavy atom. The molecule has 0 radical (unpaired) electrons. The zero-order chi connectivity index (χ0) is 11.3. The van der Waals surface area contributed by atoms with E-state index in [1.807, 2.05) is 0 Å². The van der Waals surface area contributed by atoms with E-state index < -0.39 is 0 Å². The van der Waals surface area contributed by atoms with Crippen LogP contribution in [-0.2, 0) is 14.3 Å². The van der Waals surface area contributed by atoms with Crippen LogP contribution in [-0.4, -0.2) is 31.6 Å². The van der Waals surface area contributed by atoms with E-state index in [0.717, 1.165) is 19.3 Å². The lowest BCUT2D eigenvalue weighted by Gasteiger charge is -2.14. The van der Waals surface area contributed by atoms with Gasteiger partial charge >= 0.3 is 5.97 Å². The molecule has 2 atom stereocenters. The van der Waals surface area contributed by atoms with E-state index in [2.05, 4.69) is 10.1 Å². The normalized spacial score (nSPS) is 23.4. The summed E-state index contributed by atoms with van der Waals surface area (Å²) >= 11 is 0. The van der Waals surface area contributed by atoms with Gasteiger partial charge in [0.05, 0.1) is 19.4 Å². The maximum Gasteiger partial charge on any atom is 0.307 e.